The Bertz CT molecular complexity index is 803. The number of amides is 1. The van der Waals surface area contributed by atoms with Crippen LogP contribution in [0.25, 0.3) is 0 Å². The maximum Gasteiger partial charge on any atom is 0.270 e. The third kappa shape index (κ3) is 4.37. The molecule has 0 fully saturated rings. The molecule has 27 heavy (non-hydrogen) atoms. The second-order valence-electron chi connectivity index (χ2n) is 6.88. The maximum absolute atomic E-state index is 13.0. The number of nitrogens with zero attached hydrogens (tertiary/aromatic N) is 2. The van der Waals surface area contributed by atoms with Gasteiger partial charge in [-0.1, -0.05) is 24.3 Å². The van der Waals surface area contributed by atoms with Crippen molar-refractivity contribution < 1.29 is 19.4 Å². The van der Waals surface area contributed by atoms with Crippen LogP contribution in [-0.4, -0.2) is 40.6 Å². The summed E-state index contributed by atoms with van der Waals surface area (Å²) in [6.45, 7) is 5.32. The lowest BCUT2D eigenvalue weighted by Crippen LogP contribution is -2.29. The second-order valence-corrected chi connectivity index (χ2v) is 6.88. The topological polar surface area (TPSA) is 85.6 Å². The number of carbonyl (C=O) groups is 1. The minimum Gasteiger partial charge on any atom is -0.392 e. The van der Waals surface area contributed by atoms with E-state index < -0.39 is 0 Å². The number of hydrogen-bond acceptors (Lipinski definition) is 5. The molecule has 0 radical (unpaired) electrons. The van der Waals surface area contributed by atoms with Crippen molar-refractivity contribution in [2.24, 2.45) is 0 Å². The lowest BCUT2D eigenvalue weighted by atomic mass is 9.99. The number of aromatic nitrogens is 2. The van der Waals surface area contributed by atoms with E-state index in [1.54, 1.807) is 11.8 Å². The van der Waals surface area contributed by atoms with Crippen LogP contribution in [0.5, 0.6) is 0 Å². The zero-order valence-corrected chi connectivity index (χ0v) is 16.1. The molecule has 0 spiro atoms. The van der Waals surface area contributed by atoms with Crippen LogP contribution >= 0.6 is 0 Å². The van der Waals surface area contributed by atoms with E-state index in [1.165, 1.54) is 0 Å². The van der Waals surface area contributed by atoms with Crippen LogP contribution in [0, 0.1) is 0 Å². The van der Waals surface area contributed by atoms with Crippen LogP contribution < -0.4 is 5.32 Å². The fourth-order valence-corrected chi connectivity index (χ4v) is 3.49. The fraction of sp³-hybridized carbons (Fsp3) is 0.500. The van der Waals surface area contributed by atoms with E-state index in [4.69, 9.17) is 9.47 Å². The third-order valence-electron chi connectivity index (χ3n) is 4.74. The molecule has 7 nitrogen and oxygen atoms in total. The zero-order valence-electron chi connectivity index (χ0n) is 16.1. The SMILES string of the molecule is COCCn1nc2c(c1C(=O)NCc1cccc(CO)c1)C[C@H](C)O[C@@H]2C. The number of nitrogens with one attached hydrogen (secondary N) is 1. The summed E-state index contributed by atoms with van der Waals surface area (Å²) in [4.78, 5) is 13.0. The van der Waals surface area contributed by atoms with E-state index in [9.17, 15) is 9.90 Å². The van der Waals surface area contributed by atoms with Gasteiger partial charge in [-0.3, -0.25) is 9.48 Å². The third-order valence-corrected chi connectivity index (χ3v) is 4.74. The average molecular weight is 373 g/mol. The Balaban J connectivity index is 1.83. The number of fused-ring (bicyclic) bond motifs is 1. The van der Waals surface area contributed by atoms with Crippen molar-refractivity contribution in [2.75, 3.05) is 13.7 Å². The Morgan fingerprint density at radius 2 is 2.19 bits per heavy atom. The first-order valence-electron chi connectivity index (χ1n) is 9.24. The first-order chi connectivity index (χ1) is 13.0. The van der Waals surface area contributed by atoms with Gasteiger partial charge in [0.1, 0.15) is 5.69 Å². The van der Waals surface area contributed by atoms with E-state index >= 15 is 0 Å². The Morgan fingerprint density at radius 1 is 1.41 bits per heavy atom. The predicted octanol–water partition coefficient (Wildman–Crippen LogP) is 1.97. The van der Waals surface area contributed by atoms with Gasteiger partial charge < -0.3 is 19.9 Å². The summed E-state index contributed by atoms with van der Waals surface area (Å²) in [5.74, 6) is -0.157. The number of aliphatic hydroxyl groups excluding tert-OH is 1. The lowest BCUT2D eigenvalue weighted by Gasteiger charge is -2.24. The second kappa shape index (κ2) is 8.65. The van der Waals surface area contributed by atoms with Gasteiger partial charge >= 0.3 is 0 Å². The molecule has 0 saturated carbocycles. The number of aliphatic hydroxyl groups is 1. The molecule has 2 heterocycles. The molecular formula is C20H27N3O4. The van der Waals surface area contributed by atoms with E-state index in [1.807, 2.05) is 38.1 Å². The molecule has 1 aromatic carbocycles. The summed E-state index contributed by atoms with van der Waals surface area (Å²) in [7, 11) is 1.63. The van der Waals surface area contributed by atoms with Crippen molar-refractivity contribution in [1.29, 1.82) is 0 Å². The molecule has 2 atom stereocenters. The van der Waals surface area contributed by atoms with E-state index in [-0.39, 0.29) is 24.7 Å². The van der Waals surface area contributed by atoms with Crippen LogP contribution in [0.3, 0.4) is 0 Å². The van der Waals surface area contributed by atoms with Gasteiger partial charge in [-0.15, -0.1) is 0 Å². The molecule has 0 saturated heterocycles. The number of benzene rings is 1. The van der Waals surface area contributed by atoms with Gasteiger partial charge in [0, 0.05) is 25.6 Å². The Hall–Kier alpha value is -2.22. The van der Waals surface area contributed by atoms with Gasteiger partial charge in [0.15, 0.2) is 0 Å². The molecule has 146 valence electrons. The van der Waals surface area contributed by atoms with E-state index in [0.717, 1.165) is 22.4 Å². The highest BCUT2D eigenvalue weighted by Crippen LogP contribution is 2.31. The van der Waals surface area contributed by atoms with Gasteiger partial charge in [0.05, 0.1) is 37.7 Å². The zero-order chi connectivity index (χ0) is 19.4. The minimum absolute atomic E-state index is 0.0190. The molecule has 2 N–H and O–H groups in total. The number of methoxy groups -OCH3 is 1. The summed E-state index contributed by atoms with van der Waals surface area (Å²) in [5.41, 5.74) is 4.14. The van der Waals surface area contributed by atoms with Crippen LogP contribution in [0.1, 0.15) is 52.8 Å². The monoisotopic (exact) mass is 373 g/mol. The Morgan fingerprint density at radius 3 is 2.93 bits per heavy atom. The van der Waals surface area contributed by atoms with Crippen molar-refractivity contribution in [1.82, 2.24) is 15.1 Å². The van der Waals surface area contributed by atoms with Crippen molar-refractivity contribution in [3.05, 3.63) is 52.3 Å². The average Bonchev–Trinajstić information content (AvgIpc) is 3.03. The molecule has 1 aliphatic rings. The fourth-order valence-electron chi connectivity index (χ4n) is 3.49. The molecule has 1 amide bonds. The first kappa shape index (κ1) is 19.5. The normalized spacial score (nSPS) is 19.0. The Labute approximate surface area is 159 Å². The molecule has 0 aliphatic carbocycles. The summed E-state index contributed by atoms with van der Waals surface area (Å²) in [6, 6.07) is 7.54. The van der Waals surface area contributed by atoms with Gasteiger partial charge in [0.25, 0.3) is 5.91 Å². The summed E-state index contributed by atoms with van der Waals surface area (Å²) >= 11 is 0. The van der Waals surface area contributed by atoms with E-state index in [2.05, 4.69) is 10.4 Å². The van der Waals surface area contributed by atoms with Crippen molar-refractivity contribution in [3.8, 4) is 0 Å². The van der Waals surface area contributed by atoms with E-state index in [0.29, 0.717) is 31.8 Å². The van der Waals surface area contributed by atoms with Crippen molar-refractivity contribution in [3.63, 3.8) is 0 Å². The molecule has 0 bridgehead atoms. The quantitative estimate of drug-likeness (QED) is 0.775. The Kier molecular flexibility index (Phi) is 6.26. The maximum atomic E-state index is 13.0. The smallest absolute Gasteiger partial charge is 0.270 e. The molecule has 3 rings (SSSR count). The molecular weight excluding hydrogens is 346 g/mol. The van der Waals surface area contributed by atoms with Gasteiger partial charge in [-0.2, -0.15) is 5.10 Å². The number of ether oxygens (including phenoxy) is 2. The standard InChI is InChI=1S/C20H27N3O4/c1-13-9-17-18(14(2)27-13)22-23(7-8-26-3)19(17)20(25)21-11-15-5-4-6-16(10-15)12-24/h4-6,10,13-14,24H,7-9,11-12H2,1-3H3,(H,21,25)/t13-,14+/m0/s1. The first-order valence-corrected chi connectivity index (χ1v) is 9.24. The summed E-state index contributed by atoms with van der Waals surface area (Å²) in [5, 5.41) is 16.9. The van der Waals surface area contributed by atoms with Crippen LogP contribution in [0.2, 0.25) is 0 Å². The highest BCUT2D eigenvalue weighted by molar-refractivity contribution is 5.94. The molecule has 7 heteroatoms. The lowest BCUT2D eigenvalue weighted by molar-refractivity contribution is -0.00716. The minimum atomic E-state index is -0.157. The molecule has 2 aromatic rings. The molecule has 0 unspecified atom stereocenters. The van der Waals surface area contributed by atoms with Crippen LogP contribution in [-0.2, 0) is 35.6 Å². The van der Waals surface area contributed by atoms with Crippen LogP contribution in [0.15, 0.2) is 24.3 Å². The number of carbonyl (C=O) groups excluding carboxylic acids is 1. The number of hydrogen-bond donors (Lipinski definition) is 2. The summed E-state index contributed by atoms with van der Waals surface area (Å²) < 4.78 is 12.8. The van der Waals surface area contributed by atoms with Crippen LogP contribution in [0.4, 0.5) is 0 Å². The predicted molar refractivity (Wildman–Crippen MR) is 100 cm³/mol. The van der Waals surface area contributed by atoms with Crippen molar-refractivity contribution in [2.45, 2.75) is 52.2 Å². The van der Waals surface area contributed by atoms with Gasteiger partial charge in [0.2, 0.25) is 0 Å². The van der Waals surface area contributed by atoms with Gasteiger partial charge in [-0.25, -0.2) is 0 Å². The van der Waals surface area contributed by atoms with Crippen molar-refractivity contribution >= 4 is 5.91 Å². The van der Waals surface area contributed by atoms with Gasteiger partial charge in [-0.05, 0) is 25.0 Å². The molecule has 1 aromatic heterocycles. The number of rotatable bonds is 7. The highest BCUT2D eigenvalue weighted by atomic mass is 16.5. The summed E-state index contributed by atoms with van der Waals surface area (Å²) in [6.07, 6.45) is 0.566. The largest absolute Gasteiger partial charge is 0.392 e. The molecule has 1 aliphatic heterocycles. The highest BCUT2D eigenvalue weighted by Gasteiger charge is 2.31.